The maximum atomic E-state index is 2.45. The largest absolute Gasteiger partial charge is 0.309 e. The number of hydrogen-bond donors (Lipinski definition) is 0. The summed E-state index contributed by atoms with van der Waals surface area (Å²) in [5, 5.41) is 5.13. The van der Waals surface area contributed by atoms with Gasteiger partial charge in [0, 0.05) is 38.6 Å². The highest BCUT2D eigenvalue weighted by Gasteiger charge is 2.23. The molecule has 10 aromatic rings. The molecule has 3 heteroatoms. The van der Waals surface area contributed by atoms with Gasteiger partial charge in [-0.2, -0.15) is 0 Å². The topological polar surface area (TPSA) is 14.8 Å². The summed E-state index contributed by atoms with van der Waals surface area (Å²) >= 11 is 0. The Hall–Kier alpha value is -6.06. The maximum absolute atomic E-state index is 2.45. The number of benzene rings is 7. The molecule has 0 aliphatic heterocycles. The second-order valence-corrected chi connectivity index (χ2v) is 11.8. The molecule has 0 fully saturated rings. The van der Waals surface area contributed by atoms with Crippen molar-refractivity contribution in [2.75, 3.05) is 0 Å². The fourth-order valence-corrected chi connectivity index (χ4v) is 7.54. The standard InChI is InChI=1S/C42H27N3/c1-3-12-28(13-4-1)29-14-9-17-31(26-29)44-36-20-10-22-38-41(36)42-37(44)21-11-23-39(42)45(38)32-24-25-34-33-18-7-8-19-35(33)43(40(34)27-32)30-15-5-2-6-16-30/h1-27H. The van der Waals surface area contributed by atoms with E-state index in [9.17, 15) is 0 Å². The van der Waals surface area contributed by atoms with E-state index in [4.69, 9.17) is 0 Å². The van der Waals surface area contributed by atoms with E-state index in [1.807, 2.05) is 0 Å². The van der Waals surface area contributed by atoms with E-state index < -0.39 is 0 Å². The Morgan fingerprint density at radius 2 is 0.733 bits per heavy atom. The molecular formula is C42H27N3. The fourth-order valence-electron chi connectivity index (χ4n) is 7.54. The first-order valence-electron chi connectivity index (χ1n) is 15.5. The fraction of sp³-hybridized carbons (Fsp3) is 0. The van der Waals surface area contributed by atoms with Gasteiger partial charge in [-0.1, -0.05) is 97.1 Å². The van der Waals surface area contributed by atoms with Crippen LogP contribution in [-0.4, -0.2) is 13.7 Å². The molecule has 0 radical (unpaired) electrons. The minimum Gasteiger partial charge on any atom is -0.309 e. The van der Waals surface area contributed by atoms with Crippen LogP contribution in [0.25, 0.3) is 82.8 Å². The van der Waals surface area contributed by atoms with E-state index >= 15 is 0 Å². The normalized spacial score (nSPS) is 12.0. The van der Waals surface area contributed by atoms with Crippen LogP contribution >= 0.6 is 0 Å². The van der Waals surface area contributed by atoms with E-state index in [1.54, 1.807) is 0 Å². The lowest BCUT2D eigenvalue weighted by atomic mass is 10.1. The lowest BCUT2D eigenvalue weighted by molar-refractivity contribution is 1.15. The van der Waals surface area contributed by atoms with Crippen LogP contribution in [0.5, 0.6) is 0 Å². The summed E-state index contributed by atoms with van der Waals surface area (Å²) in [4.78, 5) is 0. The smallest absolute Gasteiger partial charge is 0.0563 e. The molecule has 0 N–H and O–H groups in total. The van der Waals surface area contributed by atoms with Crippen molar-refractivity contribution < 1.29 is 0 Å². The van der Waals surface area contributed by atoms with Gasteiger partial charge in [0.2, 0.25) is 0 Å². The van der Waals surface area contributed by atoms with E-state index in [0.717, 1.165) is 5.69 Å². The van der Waals surface area contributed by atoms with Crippen molar-refractivity contribution in [3.8, 4) is 28.2 Å². The average Bonchev–Trinajstić information content (AvgIpc) is 3.75. The molecule has 0 aliphatic carbocycles. The first-order valence-corrected chi connectivity index (χ1v) is 15.5. The Labute approximate surface area is 259 Å². The number of nitrogens with zero attached hydrogens (tertiary/aromatic N) is 3. The monoisotopic (exact) mass is 573 g/mol. The molecule has 3 heterocycles. The first kappa shape index (κ1) is 24.4. The molecular weight excluding hydrogens is 546 g/mol. The van der Waals surface area contributed by atoms with Gasteiger partial charge in [0.1, 0.15) is 0 Å². The van der Waals surface area contributed by atoms with Crippen LogP contribution < -0.4 is 0 Å². The average molecular weight is 574 g/mol. The second-order valence-electron chi connectivity index (χ2n) is 11.8. The van der Waals surface area contributed by atoms with Crippen molar-refractivity contribution in [1.82, 2.24) is 13.7 Å². The highest BCUT2D eigenvalue weighted by atomic mass is 15.0. The van der Waals surface area contributed by atoms with Crippen molar-refractivity contribution >= 4 is 54.6 Å². The summed E-state index contributed by atoms with van der Waals surface area (Å²) in [5.74, 6) is 0. The molecule has 45 heavy (non-hydrogen) atoms. The molecule has 0 unspecified atom stereocenters. The van der Waals surface area contributed by atoms with Crippen molar-refractivity contribution in [2.24, 2.45) is 0 Å². The molecule has 0 saturated carbocycles. The highest BCUT2D eigenvalue weighted by Crippen LogP contribution is 2.43. The summed E-state index contributed by atoms with van der Waals surface area (Å²) < 4.78 is 7.27. The van der Waals surface area contributed by atoms with Gasteiger partial charge in [-0.05, 0) is 77.9 Å². The second kappa shape index (κ2) is 9.22. The predicted molar refractivity (Wildman–Crippen MR) is 189 cm³/mol. The summed E-state index contributed by atoms with van der Waals surface area (Å²) in [6.07, 6.45) is 0. The van der Waals surface area contributed by atoms with E-state index in [0.29, 0.717) is 0 Å². The molecule has 0 spiro atoms. The number of fused-ring (bicyclic) bond motifs is 3. The Bertz CT molecular complexity index is 2620. The highest BCUT2D eigenvalue weighted by molar-refractivity contribution is 6.25. The Kier molecular flexibility index (Phi) is 5.00. The third kappa shape index (κ3) is 3.41. The van der Waals surface area contributed by atoms with Crippen molar-refractivity contribution in [1.29, 1.82) is 0 Å². The van der Waals surface area contributed by atoms with Crippen LogP contribution in [0.3, 0.4) is 0 Å². The van der Waals surface area contributed by atoms with Gasteiger partial charge in [0.05, 0.1) is 33.1 Å². The molecule has 0 atom stereocenters. The lowest BCUT2D eigenvalue weighted by Crippen LogP contribution is -1.99. The van der Waals surface area contributed by atoms with Crippen molar-refractivity contribution in [3.05, 3.63) is 164 Å². The number of rotatable bonds is 4. The molecule has 0 aliphatic rings. The van der Waals surface area contributed by atoms with Gasteiger partial charge in [0.15, 0.2) is 0 Å². The van der Waals surface area contributed by atoms with Gasteiger partial charge in [-0.3, -0.25) is 0 Å². The van der Waals surface area contributed by atoms with E-state index in [-0.39, 0.29) is 0 Å². The Morgan fingerprint density at radius 1 is 0.267 bits per heavy atom. The van der Waals surface area contributed by atoms with Crippen LogP contribution in [0.4, 0.5) is 0 Å². The third-order valence-electron chi connectivity index (χ3n) is 9.40. The number of para-hydroxylation sites is 2. The lowest BCUT2D eigenvalue weighted by Gasteiger charge is -2.14. The van der Waals surface area contributed by atoms with Gasteiger partial charge in [0.25, 0.3) is 0 Å². The van der Waals surface area contributed by atoms with E-state index in [2.05, 4.69) is 177 Å². The third-order valence-corrected chi connectivity index (χ3v) is 9.40. The maximum Gasteiger partial charge on any atom is 0.0563 e. The quantitative estimate of drug-likeness (QED) is 0.199. The summed E-state index contributed by atoms with van der Waals surface area (Å²) in [5.41, 5.74) is 13.3. The van der Waals surface area contributed by atoms with Crippen molar-refractivity contribution in [3.63, 3.8) is 0 Å². The molecule has 7 aromatic carbocycles. The zero-order chi connectivity index (χ0) is 29.5. The SMILES string of the molecule is c1ccc(-c2cccc(-n3c4cccc5c4c4c3cccc4n5-c3ccc4c5ccccc5n(-c5ccccc5)c4c3)c2)cc1. The van der Waals surface area contributed by atoms with Crippen LogP contribution in [0.2, 0.25) is 0 Å². The summed E-state index contributed by atoms with van der Waals surface area (Å²) in [6.45, 7) is 0. The Morgan fingerprint density at radius 3 is 1.42 bits per heavy atom. The zero-order valence-corrected chi connectivity index (χ0v) is 24.4. The zero-order valence-electron chi connectivity index (χ0n) is 24.4. The minimum absolute atomic E-state index is 1.16. The summed E-state index contributed by atoms with van der Waals surface area (Å²) in [7, 11) is 0. The molecule has 3 aromatic heterocycles. The predicted octanol–water partition coefficient (Wildman–Crippen LogP) is 10.9. The number of aromatic nitrogens is 3. The Balaban J connectivity index is 1.24. The van der Waals surface area contributed by atoms with E-state index in [1.165, 1.54) is 77.1 Å². The molecule has 3 nitrogen and oxygen atoms in total. The molecule has 0 amide bonds. The van der Waals surface area contributed by atoms with Crippen LogP contribution in [0.1, 0.15) is 0 Å². The van der Waals surface area contributed by atoms with Crippen LogP contribution in [0.15, 0.2) is 164 Å². The van der Waals surface area contributed by atoms with Gasteiger partial charge < -0.3 is 13.7 Å². The number of hydrogen-bond acceptors (Lipinski definition) is 0. The molecule has 0 bridgehead atoms. The van der Waals surface area contributed by atoms with Crippen molar-refractivity contribution in [2.45, 2.75) is 0 Å². The van der Waals surface area contributed by atoms with Gasteiger partial charge >= 0.3 is 0 Å². The minimum atomic E-state index is 1.16. The van der Waals surface area contributed by atoms with Crippen LogP contribution in [-0.2, 0) is 0 Å². The van der Waals surface area contributed by atoms with Gasteiger partial charge in [-0.15, -0.1) is 0 Å². The van der Waals surface area contributed by atoms with Crippen LogP contribution in [0, 0.1) is 0 Å². The molecule has 0 saturated heterocycles. The first-order chi connectivity index (χ1) is 22.3. The summed E-state index contributed by atoms with van der Waals surface area (Å²) in [6, 6.07) is 59.3. The van der Waals surface area contributed by atoms with Gasteiger partial charge in [-0.25, -0.2) is 0 Å². The molecule has 10 rings (SSSR count). The molecule has 210 valence electrons.